The normalized spacial score (nSPS) is 11.7. The predicted octanol–water partition coefficient (Wildman–Crippen LogP) is 6.10. The monoisotopic (exact) mass is 400 g/mol. The maximum atomic E-state index is 12.3. The van der Waals surface area contributed by atoms with E-state index in [0.717, 1.165) is 28.9 Å². The van der Waals surface area contributed by atoms with E-state index in [1.54, 1.807) is 6.07 Å². The van der Waals surface area contributed by atoms with Gasteiger partial charge in [0.05, 0.1) is 0 Å². The van der Waals surface area contributed by atoms with Crippen LogP contribution in [0.25, 0.3) is 10.8 Å². The molecular formula is C20H28CrO3S. The van der Waals surface area contributed by atoms with Gasteiger partial charge >= 0.3 is 158 Å². The van der Waals surface area contributed by atoms with Crippen molar-refractivity contribution in [2.75, 3.05) is 0 Å². The van der Waals surface area contributed by atoms with Crippen LogP contribution >= 0.6 is 0 Å². The summed E-state index contributed by atoms with van der Waals surface area (Å²) in [5.74, 6) is 0.441. The van der Waals surface area contributed by atoms with Gasteiger partial charge in [-0.3, -0.25) is 0 Å². The van der Waals surface area contributed by atoms with Crippen LogP contribution in [0.4, 0.5) is 0 Å². The Morgan fingerprint density at radius 3 is 2.24 bits per heavy atom. The molecule has 0 saturated carbocycles. The van der Waals surface area contributed by atoms with Crippen LogP contribution in [-0.2, 0) is 22.6 Å². The molecule has 0 aliphatic carbocycles. The third-order valence-corrected chi connectivity index (χ3v) is 7.91. The average molecular weight is 401 g/mol. The van der Waals surface area contributed by atoms with Crippen LogP contribution in [0.15, 0.2) is 42.5 Å². The number of hydrogen-bond acceptors (Lipinski definition) is 3. The third-order valence-electron chi connectivity index (χ3n) is 4.17. The Bertz CT molecular complexity index is 738. The molecule has 0 aromatic heterocycles. The first-order valence-electron chi connectivity index (χ1n) is 9.19. The molecule has 0 unspecified atom stereocenters. The predicted molar refractivity (Wildman–Crippen MR) is 101 cm³/mol. The van der Waals surface area contributed by atoms with Gasteiger partial charge in [-0.2, -0.15) is 0 Å². The molecule has 0 spiro atoms. The van der Waals surface area contributed by atoms with E-state index >= 15 is 0 Å². The average Bonchev–Trinajstić information content (AvgIpc) is 2.60. The molecule has 0 aliphatic heterocycles. The summed E-state index contributed by atoms with van der Waals surface area (Å²) in [4.78, 5) is 0. The Labute approximate surface area is 157 Å². The van der Waals surface area contributed by atoms with E-state index in [4.69, 9.17) is 4.18 Å². The minimum atomic E-state index is -3.47. The zero-order valence-corrected chi connectivity index (χ0v) is 17.0. The van der Waals surface area contributed by atoms with Crippen molar-refractivity contribution in [3.05, 3.63) is 42.5 Å². The van der Waals surface area contributed by atoms with Crippen LogP contribution in [0.1, 0.15) is 58.3 Å². The first-order valence-corrected chi connectivity index (χ1v) is 13.0. The topological polar surface area (TPSA) is 43.4 Å². The van der Waals surface area contributed by atoms with E-state index in [-0.39, 0.29) is 0 Å². The van der Waals surface area contributed by atoms with Gasteiger partial charge in [-0.15, -0.1) is 0 Å². The molecule has 0 fully saturated rings. The van der Waals surface area contributed by atoms with Gasteiger partial charge in [-0.25, -0.2) is 0 Å². The van der Waals surface area contributed by atoms with Crippen molar-refractivity contribution in [2.45, 2.75) is 63.6 Å². The molecule has 0 radical (unpaired) electrons. The van der Waals surface area contributed by atoms with Crippen molar-refractivity contribution in [3.8, 4) is 5.75 Å². The first-order chi connectivity index (χ1) is 12.1. The van der Waals surface area contributed by atoms with Crippen molar-refractivity contribution in [3.63, 3.8) is 0 Å². The van der Waals surface area contributed by atoms with Crippen LogP contribution in [-0.4, -0.2) is 8.42 Å². The van der Waals surface area contributed by atoms with Crippen LogP contribution < -0.4 is 4.18 Å². The molecule has 0 aliphatic rings. The van der Waals surface area contributed by atoms with Gasteiger partial charge in [0.25, 0.3) is 0 Å². The van der Waals surface area contributed by atoms with Gasteiger partial charge in [0.2, 0.25) is 0 Å². The number of unbranched alkanes of at least 4 members (excludes halogenated alkanes) is 7. The zero-order chi connectivity index (χ0) is 18.0. The molecule has 5 heteroatoms. The summed E-state index contributed by atoms with van der Waals surface area (Å²) >= 11 is -0.522. The van der Waals surface area contributed by atoms with Crippen LogP contribution in [0.2, 0.25) is 5.28 Å². The zero-order valence-electron chi connectivity index (χ0n) is 14.9. The van der Waals surface area contributed by atoms with Crippen molar-refractivity contribution in [2.24, 2.45) is 0 Å². The summed E-state index contributed by atoms with van der Waals surface area (Å²) in [6, 6.07) is 13.2. The third kappa shape index (κ3) is 7.40. The van der Waals surface area contributed by atoms with E-state index < -0.39 is 22.6 Å². The molecule has 0 atom stereocenters. The second kappa shape index (κ2) is 10.9. The number of benzene rings is 2. The van der Waals surface area contributed by atoms with E-state index in [9.17, 15) is 8.42 Å². The van der Waals surface area contributed by atoms with Gasteiger partial charge in [0, 0.05) is 0 Å². The van der Waals surface area contributed by atoms with Crippen molar-refractivity contribution < 1.29 is 26.7 Å². The van der Waals surface area contributed by atoms with Crippen molar-refractivity contribution in [1.29, 1.82) is 0 Å². The van der Waals surface area contributed by atoms with Gasteiger partial charge < -0.3 is 0 Å². The molecule has 2 aromatic rings. The van der Waals surface area contributed by atoms with Crippen LogP contribution in [0.3, 0.4) is 0 Å². The fourth-order valence-electron chi connectivity index (χ4n) is 2.80. The number of hydrogen-bond donors (Lipinski definition) is 0. The van der Waals surface area contributed by atoms with Gasteiger partial charge in [0.15, 0.2) is 0 Å². The second-order valence-electron chi connectivity index (χ2n) is 6.27. The first kappa shape index (κ1) is 20.3. The second-order valence-corrected chi connectivity index (χ2v) is 11.1. The standard InChI is InChI=1S/C10H7O3S.C10H21.Cr/c11-14(12)13-10-7-3-5-8-4-1-2-6-9(8)10;1-3-5-7-9-10-8-6-4-2;/h1-7H;1,3-10H2,2H3;. The van der Waals surface area contributed by atoms with Gasteiger partial charge in [0.1, 0.15) is 0 Å². The quantitative estimate of drug-likeness (QED) is 0.404. The Hall–Kier alpha value is -1.02. The van der Waals surface area contributed by atoms with Crippen molar-refractivity contribution >= 4 is 19.3 Å². The minimum absolute atomic E-state index is 0.441. The molecule has 25 heavy (non-hydrogen) atoms. The molecule has 0 bridgehead atoms. The molecule has 3 nitrogen and oxygen atoms in total. The summed E-state index contributed by atoms with van der Waals surface area (Å²) in [6.45, 7) is 2.23. The fourth-order valence-corrected chi connectivity index (χ4v) is 5.93. The summed E-state index contributed by atoms with van der Waals surface area (Å²) in [7, 11) is -3.47. The van der Waals surface area contributed by atoms with Crippen LogP contribution in [0.5, 0.6) is 5.75 Å². The molecule has 2 aromatic carbocycles. The Morgan fingerprint density at radius 1 is 0.840 bits per heavy atom. The Balaban J connectivity index is 1.73. The summed E-state index contributed by atoms with van der Waals surface area (Å²) in [6.07, 6.45) is 9.82. The van der Waals surface area contributed by atoms with Crippen LogP contribution in [0, 0.1) is 0 Å². The maximum absolute atomic E-state index is 12.3. The van der Waals surface area contributed by atoms with Gasteiger partial charge in [-0.05, 0) is 0 Å². The van der Waals surface area contributed by atoms with Crippen molar-refractivity contribution in [1.82, 2.24) is 0 Å². The number of fused-ring (bicyclic) bond motifs is 1. The van der Waals surface area contributed by atoms with Gasteiger partial charge in [-0.1, -0.05) is 0 Å². The SMILES string of the molecule is CCCCCCCCC[CH2][Cr][S](=O)(=O)Oc1cccc2ccccc12. The van der Waals surface area contributed by atoms with E-state index in [1.807, 2.05) is 36.4 Å². The molecule has 138 valence electrons. The summed E-state index contributed by atoms with van der Waals surface area (Å²) < 4.78 is 29.9. The Kier molecular flexibility index (Phi) is 8.81. The Morgan fingerprint density at radius 2 is 1.48 bits per heavy atom. The molecule has 0 saturated heterocycles. The number of rotatable bonds is 12. The molecule has 0 heterocycles. The molecule has 0 amide bonds. The van der Waals surface area contributed by atoms with E-state index in [0.29, 0.717) is 5.75 Å². The molecule has 0 N–H and O–H groups in total. The van der Waals surface area contributed by atoms with E-state index in [2.05, 4.69) is 6.92 Å². The molecule has 2 rings (SSSR count). The van der Waals surface area contributed by atoms with E-state index in [1.165, 1.54) is 38.5 Å². The molecular weight excluding hydrogens is 372 g/mol. The summed E-state index contributed by atoms with van der Waals surface area (Å²) in [5.41, 5.74) is 0. The summed E-state index contributed by atoms with van der Waals surface area (Å²) in [5, 5.41) is 2.57. The fraction of sp³-hybridized carbons (Fsp3) is 0.500.